The number of Topliss-reactive ketones (excluding diaryl/α,β-unsaturated/α-hetero) is 1. The van der Waals surface area contributed by atoms with Crippen LogP contribution >= 0.6 is 15.9 Å². The van der Waals surface area contributed by atoms with Gasteiger partial charge >= 0.3 is 0 Å². The first-order valence-corrected chi connectivity index (χ1v) is 6.46. The van der Waals surface area contributed by atoms with Crippen LogP contribution in [0.3, 0.4) is 0 Å². The molecule has 0 bridgehead atoms. The predicted molar refractivity (Wildman–Crippen MR) is 80.6 cm³/mol. The molecule has 0 atom stereocenters. The van der Waals surface area contributed by atoms with E-state index in [1.54, 1.807) is 18.2 Å². The number of nitrogens with zero attached hydrogens (tertiary/aromatic N) is 3. The van der Waals surface area contributed by atoms with E-state index in [1.165, 1.54) is 0 Å². The van der Waals surface area contributed by atoms with Gasteiger partial charge in [0.25, 0.3) is 0 Å². The van der Waals surface area contributed by atoms with Crippen LogP contribution in [0.5, 0.6) is 0 Å². The third kappa shape index (κ3) is 3.48. The molecule has 0 spiro atoms. The number of azide groups is 1. The van der Waals surface area contributed by atoms with E-state index in [9.17, 15) is 4.79 Å². The van der Waals surface area contributed by atoms with E-state index in [1.807, 2.05) is 30.3 Å². The van der Waals surface area contributed by atoms with E-state index in [0.29, 0.717) is 0 Å². The Hall–Kier alpha value is -2.54. The highest BCUT2D eigenvalue weighted by Gasteiger charge is 2.08. The average molecular weight is 326 g/mol. The van der Waals surface area contributed by atoms with E-state index < -0.39 is 0 Å². The summed E-state index contributed by atoms with van der Waals surface area (Å²) in [7, 11) is 0. The van der Waals surface area contributed by atoms with Crippen LogP contribution in [0.1, 0.15) is 15.9 Å². The molecule has 2 aromatic carbocycles. The minimum absolute atomic E-state index is 0.259. The summed E-state index contributed by atoms with van der Waals surface area (Å²) in [5.74, 6) is 4.94. The predicted octanol–water partition coefficient (Wildman–Crippen LogP) is 4.63. The minimum atomic E-state index is -0.385. The maximum atomic E-state index is 12.1. The van der Waals surface area contributed by atoms with Gasteiger partial charge in [-0.2, -0.15) is 0 Å². The molecule has 0 unspecified atom stereocenters. The standard InChI is InChI=1S/C15H8BrN3O/c16-12-7-8-13(14(10-12)18-19-17)15(20)9-6-11-4-2-1-3-5-11/h1-5,7-8,10H. The molecule has 96 valence electrons. The van der Waals surface area contributed by atoms with E-state index in [0.717, 1.165) is 10.0 Å². The molecule has 0 amide bonds. The molecule has 2 rings (SSSR count). The van der Waals surface area contributed by atoms with Crippen LogP contribution < -0.4 is 0 Å². The van der Waals surface area contributed by atoms with Crippen molar-refractivity contribution in [2.45, 2.75) is 0 Å². The molecular formula is C15H8BrN3O. The fourth-order valence-electron chi connectivity index (χ4n) is 1.55. The molecule has 0 saturated carbocycles. The van der Waals surface area contributed by atoms with Crippen molar-refractivity contribution in [2.75, 3.05) is 0 Å². The summed E-state index contributed by atoms with van der Waals surface area (Å²) < 4.78 is 0.729. The van der Waals surface area contributed by atoms with Crippen molar-refractivity contribution in [1.29, 1.82) is 0 Å². The number of ketones is 1. The van der Waals surface area contributed by atoms with Crippen molar-refractivity contribution in [3.63, 3.8) is 0 Å². The highest BCUT2D eigenvalue weighted by molar-refractivity contribution is 9.10. The molecule has 0 saturated heterocycles. The van der Waals surface area contributed by atoms with Crippen LogP contribution in [0.25, 0.3) is 10.4 Å². The lowest BCUT2D eigenvalue weighted by atomic mass is 10.1. The SMILES string of the molecule is [N-]=[N+]=Nc1cc(Br)ccc1C(=O)C#Cc1ccccc1. The lowest BCUT2D eigenvalue weighted by Crippen LogP contribution is -1.95. The fraction of sp³-hybridized carbons (Fsp3) is 0. The molecule has 5 heteroatoms. The number of hydrogen-bond acceptors (Lipinski definition) is 2. The second-order valence-corrected chi connectivity index (χ2v) is 4.71. The number of benzene rings is 2. The summed E-state index contributed by atoms with van der Waals surface area (Å²) in [6.45, 7) is 0. The van der Waals surface area contributed by atoms with Crippen molar-refractivity contribution in [3.05, 3.63) is 74.6 Å². The largest absolute Gasteiger partial charge is 0.279 e. The van der Waals surface area contributed by atoms with Crippen molar-refractivity contribution < 1.29 is 4.79 Å². The number of rotatable bonds is 2. The second-order valence-electron chi connectivity index (χ2n) is 3.80. The summed E-state index contributed by atoms with van der Waals surface area (Å²) in [6, 6.07) is 14.1. The number of carbonyl (C=O) groups is 1. The van der Waals surface area contributed by atoms with Crippen molar-refractivity contribution in [2.24, 2.45) is 5.11 Å². The lowest BCUT2D eigenvalue weighted by molar-refractivity contribution is 0.105. The Labute approximate surface area is 124 Å². The number of hydrogen-bond donors (Lipinski definition) is 0. The first-order chi connectivity index (χ1) is 9.70. The molecule has 2 aromatic rings. The van der Waals surface area contributed by atoms with Crippen LogP contribution in [0.4, 0.5) is 5.69 Å². The molecule has 0 aliphatic carbocycles. The fourth-order valence-corrected chi connectivity index (χ4v) is 1.89. The van der Waals surface area contributed by atoms with Crippen LogP contribution in [-0.4, -0.2) is 5.78 Å². The van der Waals surface area contributed by atoms with Crippen molar-refractivity contribution in [1.82, 2.24) is 0 Å². The van der Waals surface area contributed by atoms with Crippen LogP contribution in [-0.2, 0) is 0 Å². The molecule has 20 heavy (non-hydrogen) atoms. The zero-order valence-corrected chi connectivity index (χ0v) is 11.8. The van der Waals surface area contributed by atoms with Gasteiger partial charge in [-0.25, -0.2) is 0 Å². The highest BCUT2D eigenvalue weighted by atomic mass is 79.9. The van der Waals surface area contributed by atoms with Crippen LogP contribution in [0.2, 0.25) is 0 Å². The maximum absolute atomic E-state index is 12.1. The molecule has 0 aliphatic heterocycles. The Morgan fingerprint density at radius 1 is 1.20 bits per heavy atom. The smallest absolute Gasteiger partial charge is 0.236 e. The molecular weight excluding hydrogens is 318 g/mol. The summed E-state index contributed by atoms with van der Waals surface area (Å²) in [5.41, 5.74) is 9.82. The first kappa shape index (κ1) is 13.9. The van der Waals surface area contributed by atoms with Crippen molar-refractivity contribution in [3.8, 4) is 11.8 Å². The molecule has 0 fully saturated rings. The molecule has 0 N–H and O–H groups in total. The minimum Gasteiger partial charge on any atom is -0.279 e. The Kier molecular flexibility index (Phi) is 4.56. The van der Waals surface area contributed by atoms with Gasteiger partial charge in [0.1, 0.15) is 0 Å². The third-order valence-corrected chi connectivity index (χ3v) is 2.94. The molecule has 0 aromatic heterocycles. The van der Waals surface area contributed by atoms with E-state index in [-0.39, 0.29) is 17.0 Å². The molecule has 0 radical (unpaired) electrons. The highest BCUT2D eigenvalue weighted by Crippen LogP contribution is 2.24. The van der Waals surface area contributed by atoms with Crippen molar-refractivity contribution >= 4 is 27.4 Å². The average Bonchev–Trinajstić information content (AvgIpc) is 2.46. The van der Waals surface area contributed by atoms with Crippen LogP contribution in [0.15, 0.2) is 58.1 Å². The zero-order valence-electron chi connectivity index (χ0n) is 10.2. The topological polar surface area (TPSA) is 65.8 Å². The molecule has 4 nitrogen and oxygen atoms in total. The third-order valence-electron chi connectivity index (χ3n) is 2.45. The van der Waals surface area contributed by atoms with E-state index >= 15 is 0 Å². The zero-order chi connectivity index (χ0) is 14.4. The lowest BCUT2D eigenvalue weighted by Gasteiger charge is -2.00. The second kappa shape index (κ2) is 6.58. The van der Waals surface area contributed by atoms with Gasteiger partial charge in [0, 0.05) is 20.5 Å². The summed E-state index contributed by atoms with van der Waals surface area (Å²) in [4.78, 5) is 14.8. The van der Waals surface area contributed by atoms with Gasteiger partial charge in [0.15, 0.2) is 0 Å². The monoisotopic (exact) mass is 325 g/mol. The van der Waals surface area contributed by atoms with Crippen LogP contribution in [0, 0.1) is 11.8 Å². The van der Waals surface area contributed by atoms with Gasteiger partial charge in [-0.05, 0) is 41.8 Å². The van der Waals surface area contributed by atoms with Gasteiger partial charge in [-0.15, -0.1) is 0 Å². The summed E-state index contributed by atoms with van der Waals surface area (Å²) >= 11 is 3.26. The van der Waals surface area contributed by atoms with Gasteiger partial charge in [-0.1, -0.05) is 45.2 Å². The van der Waals surface area contributed by atoms with Gasteiger partial charge < -0.3 is 0 Å². The Bertz CT molecular complexity index is 754. The molecule has 0 aliphatic rings. The Balaban J connectivity index is 2.35. The first-order valence-electron chi connectivity index (χ1n) is 5.67. The number of halogens is 1. The quantitative estimate of drug-likeness (QED) is 0.261. The Morgan fingerprint density at radius 3 is 2.65 bits per heavy atom. The summed E-state index contributed by atoms with van der Waals surface area (Å²) in [6.07, 6.45) is 0. The van der Waals surface area contributed by atoms with E-state index in [2.05, 4.69) is 37.8 Å². The molecule has 0 heterocycles. The van der Waals surface area contributed by atoms with Gasteiger partial charge in [0.2, 0.25) is 5.78 Å². The van der Waals surface area contributed by atoms with Gasteiger partial charge in [-0.3, -0.25) is 4.79 Å². The maximum Gasteiger partial charge on any atom is 0.236 e. The Morgan fingerprint density at radius 2 is 1.95 bits per heavy atom. The summed E-state index contributed by atoms with van der Waals surface area (Å²) in [5, 5.41) is 3.51. The normalized spacial score (nSPS) is 9.05. The van der Waals surface area contributed by atoms with Gasteiger partial charge in [0.05, 0.1) is 5.69 Å². The van der Waals surface area contributed by atoms with E-state index in [4.69, 9.17) is 5.53 Å². The number of carbonyl (C=O) groups excluding carboxylic acids is 1.